The minimum atomic E-state index is -4.26. The van der Waals surface area contributed by atoms with E-state index in [4.69, 9.17) is 4.74 Å². The van der Waals surface area contributed by atoms with Crippen LogP contribution in [-0.4, -0.2) is 36.1 Å². The molecule has 0 amide bonds. The predicted molar refractivity (Wildman–Crippen MR) is 73.4 cm³/mol. The Morgan fingerprint density at radius 2 is 1.86 bits per heavy atom. The summed E-state index contributed by atoms with van der Waals surface area (Å²) in [5, 5.41) is 12.2. The number of ether oxygens (including phenoxy) is 1. The van der Waals surface area contributed by atoms with Gasteiger partial charge in [-0.1, -0.05) is 18.2 Å². The van der Waals surface area contributed by atoms with Crippen molar-refractivity contribution >= 4 is 0 Å². The summed E-state index contributed by atoms with van der Waals surface area (Å²) in [7, 11) is 0. The van der Waals surface area contributed by atoms with Crippen LogP contribution in [0.1, 0.15) is 24.0 Å². The molecule has 6 heteroatoms. The second-order valence-corrected chi connectivity index (χ2v) is 5.65. The number of aliphatic hydroxyl groups excluding tert-OH is 1. The molecule has 3 nitrogen and oxygen atoms in total. The van der Waals surface area contributed by atoms with Crippen molar-refractivity contribution in [1.29, 1.82) is 0 Å². The Morgan fingerprint density at radius 3 is 2.33 bits per heavy atom. The van der Waals surface area contributed by atoms with Gasteiger partial charge in [-0.2, -0.15) is 13.2 Å². The Hall–Kier alpha value is -1.27. The van der Waals surface area contributed by atoms with Gasteiger partial charge >= 0.3 is 6.18 Å². The number of hydrogen-bond donors (Lipinski definition) is 2. The number of alkyl halides is 3. The van der Waals surface area contributed by atoms with Crippen LogP contribution in [0.5, 0.6) is 5.75 Å². The van der Waals surface area contributed by atoms with Gasteiger partial charge in [0.15, 0.2) is 0 Å². The lowest BCUT2D eigenvalue weighted by Gasteiger charge is -2.23. The van der Waals surface area contributed by atoms with E-state index < -0.39 is 17.8 Å². The molecule has 1 saturated carbocycles. The molecule has 1 unspecified atom stereocenters. The molecule has 0 aromatic heterocycles. The van der Waals surface area contributed by atoms with Crippen molar-refractivity contribution in [2.75, 3.05) is 13.2 Å². The van der Waals surface area contributed by atoms with Crippen LogP contribution in [0.2, 0.25) is 0 Å². The standard InChI is InChI=1S/C15H20F3NO2/c1-10-4-3-5-11(2)13(10)21-9-12(20)8-19-14(6-7-14)15(16,17)18/h3-5,12,19-20H,6-9H2,1-2H3. The first-order valence-corrected chi connectivity index (χ1v) is 6.94. The number of nitrogens with one attached hydrogen (secondary N) is 1. The van der Waals surface area contributed by atoms with E-state index >= 15 is 0 Å². The van der Waals surface area contributed by atoms with Crippen LogP contribution in [0.3, 0.4) is 0 Å². The number of aryl methyl sites for hydroxylation is 2. The Balaban J connectivity index is 1.82. The molecule has 0 spiro atoms. The summed E-state index contributed by atoms with van der Waals surface area (Å²) < 4.78 is 43.7. The van der Waals surface area contributed by atoms with Crippen molar-refractivity contribution in [3.8, 4) is 5.75 Å². The summed E-state index contributed by atoms with van der Waals surface area (Å²) in [6, 6.07) is 5.67. The van der Waals surface area contributed by atoms with Gasteiger partial charge in [-0.05, 0) is 37.8 Å². The highest BCUT2D eigenvalue weighted by atomic mass is 19.4. The van der Waals surface area contributed by atoms with Gasteiger partial charge in [0.25, 0.3) is 0 Å². The quantitative estimate of drug-likeness (QED) is 0.849. The average Bonchev–Trinajstić information content (AvgIpc) is 3.16. The molecule has 0 bridgehead atoms. The van der Waals surface area contributed by atoms with Gasteiger partial charge < -0.3 is 15.2 Å². The number of para-hydroxylation sites is 1. The van der Waals surface area contributed by atoms with Gasteiger partial charge in [-0.25, -0.2) is 0 Å². The van der Waals surface area contributed by atoms with Crippen LogP contribution in [0, 0.1) is 13.8 Å². The topological polar surface area (TPSA) is 41.5 Å². The van der Waals surface area contributed by atoms with Crippen LogP contribution in [0.4, 0.5) is 13.2 Å². The van der Waals surface area contributed by atoms with Gasteiger partial charge in [0.05, 0.1) is 0 Å². The first kappa shape index (κ1) is 16.1. The van der Waals surface area contributed by atoms with E-state index in [-0.39, 0.29) is 26.0 Å². The highest BCUT2D eigenvalue weighted by molar-refractivity contribution is 5.39. The molecule has 118 valence electrons. The van der Waals surface area contributed by atoms with Crippen LogP contribution in [0.15, 0.2) is 18.2 Å². The molecule has 1 aromatic carbocycles. The van der Waals surface area contributed by atoms with Crippen molar-refractivity contribution in [3.63, 3.8) is 0 Å². The molecule has 1 aliphatic carbocycles. The third-order valence-electron chi connectivity index (χ3n) is 3.80. The molecule has 1 fully saturated rings. The molecular formula is C15H20F3NO2. The molecule has 1 aromatic rings. The molecule has 0 aliphatic heterocycles. The first-order valence-electron chi connectivity index (χ1n) is 6.94. The van der Waals surface area contributed by atoms with Crippen molar-refractivity contribution < 1.29 is 23.0 Å². The number of rotatable bonds is 6. The molecule has 2 N–H and O–H groups in total. The van der Waals surface area contributed by atoms with Crippen LogP contribution in [-0.2, 0) is 0 Å². The SMILES string of the molecule is Cc1cccc(C)c1OCC(O)CNC1(C(F)(F)F)CC1. The first-order chi connectivity index (χ1) is 9.75. The highest BCUT2D eigenvalue weighted by Crippen LogP contribution is 2.48. The Bertz CT molecular complexity index is 478. The van der Waals surface area contributed by atoms with Crippen LogP contribution >= 0.6 is 0 Å². The fraction of sp³-hybridized carbons (Fsp3) is 0.600. The van der Waals surface area contributed by atoms with E-state index in [1.54, 1.807) is 0 Å². The highest BCUT2D eigenvalue weighted by Gasteiger charge is 2.63. The predicted octanol–water partition coefficient (Wildman–Crippen LogP) is 2.73. The van der Waals surface area contributed by atoms with Gasteiger partial charge in [-0.15, -0.1) is 0 Å². The molecule has 0 saturated heterocycles. The lowest BCUT2D eigenvalue weighted by Crippen LogP contribution is -2.48. The zero-order chi connectivity index (χ0) is 15.7. The zero-order valence-corrected chi connectivity index (χ0v) is 12.1. The molecule has 1 atom stereocenters. The smallest absolute Gasteiger partial charge is 0.406 e. The van der Waals surface area contributed by atoms with Gasteiger partial charge in [0.2, 0.25) is 0 Å². The fourth-order valence-corrected chi connectivity index (χ4v) is 2.26. The van der Waals surface area contributed by atoms with Gasteiger partial charge in [0.1, 0.15) is 24.0 Å². The lowest BCUT2D eigenvalue weighted by atomic mass is 10.1. The van der Waals surface area contributed by atoms with Gasteiger partial charge in [0, 0.05) is 6.54 Å². The van der Waals surface area contributed by atoms with E-state index in [1.807, 2.05) is 32.0 Å². The van der Waals surface area contributed by atoms with Crippen LogP contribution in [0.25, 0.3) is 0 Å². The van der Waals surface area contributed by atoms with Gasteiger partial charge in [-0.3, -0.25) is 0 Å². The summed E-state index contributed by atoms with van der Waals surface area (Å²) in [4.78, 5) is 0. The normalized spacial score (nSPS) is 18.4. The van der Waals surface area contributed by atoms with Crippen molar-refractivity contribution in [1.82, 2.24) is 5.32 Å². The second-order valence-electron chi connectivity index (χ2n) is 5.65. The largest absolute Gasteiger partial charge is 0.490 e. The van der Waals surface area contributed by atoms with Crippen molar-refractivity contribution in [3.05, 3.63) is 29.3 Å². The maximum Gasteiger partial charge on any atom is 0.406 e. The van der Waals surface area contributed by atoms with E-state index in [0.717, 1.165) is 11.1 Å². The molecule has 0 heterocycles. The lowest BCUT2D eigenvalue weighted by molar-refractivity contribution is -0.166. The van der Waals surface area contributed by atoms with Crippen molar-refractivity contribution in [2.45, 2.75) is 44.5 Å². The number of aliphatic hydroxyl groups is 1. The summed E-state index contributed by atoms with van der Waals surface area (Å²) in [6.07, 6.45) is -5.11. The molecule has 21 heavy (non-hydrogen) atoms. The maximum absolute atomic E-state index is 12.7. The van der Waals surface area contributed by atoms with Crippen molar-refractivity contribution in [2.24, 2.45) is 0 Å². The maximum atomic E-state index is 12.7. The molecule has 2 rings (SSSR count). The fourth-order valence-electron chi connectivity index (χ4n) is 2.26. The van der Waals surface area contributed by atoms with Crippen LogP contribution < -0.4 is 10.1 Å². The second kappa shape index (κ2) is 5.85. The number of benzene rings is 1. The van der Waals surface area contributed by atoms with E-state index in [2.05, 4.69) is 5.32 Å². The van der Waals surface area contributed by atoms with E-state index in [1.165, 1.54) is 0 Å². The minimum Gasteiger partial charge on any atom is -0.490 e. The minimum absolute atomic E-state index is 0.0351. The summed E-state index contributed by atoms with van der Waals surface area (Å²) in [5.74, 6) is 0.675. The summed E-state index contributed by atoms with van der Waals surface area (Å²) in [6.45, 7) is 3.60. The third-order valence-corrected chi connectivity index (χ3v) is 3.80. The monoisotopic (exact) mass is 303 g/mol. The molecule has 0 radical (unpaired) electrons. The molecule has 1 aliphatic rings. The van der Waals surface area contributed by atoms with E-state index in [9.17, 15) is 18.3 Å². The Labute approximate surface area is 122 Å². The number of β-amino-alcohol motifs (C(OH)–C–C–N with tert-alkyl or cyclic N) is 1. The molecular weight excluding hydrogens is 283 g/mol. The average molecular weight is 303 g/mol. The zero-order valence-electron chi connectivity index (χ0n) is 12.1. The Morgan fingerprint density at radius 1 is 1.29 bits per heavy atom. The van der Waals surface area contributed by atoms with E-state index in [0.29, 0.717) is 5.75 Å². The number of halogens is 3. The summed E-state index contributed by atoms with van der Waals surface area (Å²) >= 11 is 0. The Kier molecular flexibility index (Phi) is 4.49. The number of hydrogen-bond acceptors (Lipinski definition) is 3. The third kappa shape index (κ3) is 3.68. The summed E-state index contributed by atoms with van der Waals surface area (Å²) in [5.41, 5.74) is 0.0697.